The third-order valence-corrected chi connectivity index (χ3v) is 19.1. The summed E-state index contributed by atoms with van der Waals surface area (Å²) in [6.07, 6.45) is 20.2. The van der Waals surface area contributed by atoms with Crippen LogP contribution < -0.4 is 0 Å². The van der Waals surface area contributed by atoms with Crippen LogP contribution in [0.2, 0.25) is 0 Å². The van der Waals surface area contributed by atoms with Gasteiger partial charge in [-0.2, -0.15) is 0 Å². The summed E-state index contributed by atoms with van der Waals surface area (Å²) in [5, 5.41) is 35.4. The van der Waals surface area contributed by atoms with Crippen molar-refractivity contribution in [2.45, 2.75) is 182 Å². The molecule has 1 saturated heterocycles. The zero-order valence-electron chi connectivity index (χ0n) is 35.2. The maximum absolute atomic E-state index is 13.0. The topological polar surface area (TPSA) is 96.2 Å². The molecule has 1 heterocycles. The number of aliphatic carboxylic acids is 1. The number of carboxylic acids is 1. The summed E-state index contributed by atoms with van der Waals surface area (Å²) >= 11 is 0. The number of benzene rings is 1. The number of methoxy groups -OCH3 is 1. The van der Waals surface area contributed by atoms with Gasteiger partial charge in [0.05, 0.1) is 18.1 Å². The van der Waals surface area contributed by atoms with E-state index in [0.29, 0.717) is 24.9 Å². The SMILES string of the molecule is CCCCCC[C@@]12CC[C@]3(C)[C@H](CC[C@@]45[C@H](Cc6ccc(CCOC)cc6)O[C@@](O)(CC[C@]43CO)[C@@H]5CCC)[C@@]1(C)CC[C@@]1(C)CC[C@@](C)(C(=O)O)C[C@H]12. The lowest BCUT2D eigenvalue weighted by molar-refractivity contribution is -0.314. The standard InChI is InChI=1S/C48H76O6/c1-8-10-11-12-20-45-27-26-44(6)36(43(45,5)25-24-41(3)22-23-42(4,40(50)51)32-38(41)45)18-21-47-37(13-9-2)48(52,29-28-46(44,47)33-49)54-39(47)31-35-16-14-34(15-17-35)19-30-53-7/h14-17,36-39,49,52H,8-13,18-33H2,1-7H3,(H,50,51)/t36-,37-,38-,39+,41-,42-,43-,44-,45+,46-,47-,48+/m1/s1. The second-order valence-corrected chi connectivity index (χ2v) is 21.0. The average molecular weight is 749 g/mol. The van der Waals surface area contributed by atoms with Crippen molar-refractivity contribution in [3.05, 3.63) is 35.4 Å². The minimum atomic E-state index is -1.15. The highest BCUT2D eigenvalue weighted by Gasteiger charge is 2.82. The predicted molar refractivity (Wildman–Crippen MR) is 215 cm³/mol. The first-order valence-electron chi connectivity index (χ1n) is 22.4. The van der Waals surface area contributed by atoms with Crippen LogP contribution in [0.3, 0.4) is 0 Å². The Morgan fingerprint density at radius 3 is 2.20 bits per heavy atom. The monoisotopic (exact) mass is 749 g/mol. The van der Waals surface area contributed by atoms with Crippen molar-refractivity contribution in [1.82, 2.24) is 0 Å². The van der Waals surface area contributed by atoms with Crippen molar-refractivity contribution in [1.29, 1.82) is 0 Å². The molecule has 5 saturated carbocycles. The molecule has 6 fully saturated rings. The number of hydrogen-bond donors (Lipinski definition) is 3. The largest absolute Gasteiger partial charge is 0.481 e. The van der Waals surface area contributed by atoms with Crippen molar-refractivity contribution < 1.29 is 29.6 Å². The number of carboxylic acid groups (broad SMARTS) is 1. The lowest BCUT2D eigenvalue weighted by atomic mass is 9.26. The molecule has 6 heteroatoms. The summed E-state index contributed by atoms with van der Waals surface area (Å²) in [4.78, 5) is 13.0. The van der Waals surface area contributed by atoms with E-state index in [0.717, 1.165) is 77.0 Å². The Morgan fingerprint density at radius 1 is 0.833 bits per heavy atom. The Bertz CT molecular complexity index is 1510. The molecule has 304 valence electrons. The fourth-order valence-electron chi connectivity index (χ4n) is 16.1. The molecule has 5 aliphatic carbocycles. The van der Waals surface area contributed by atoms with E-state index in [2.05, 4.69) is 58.9 Å². The molecule has 0 radical (unpaired) electrons. The van der Waals surface area contributed by atoms with Crippen LogP contribution >= 0.6 is 0 Å². The van der Waals surface area contributed by atoms with Gasteiger partial charge in [-0.25, -0.2) is 0 Å². The molecular formula is C48H76O6. The van der Waals surface area contributed by atoms with Gasteiger partial charge in [0.2, 0.25) is 0 Å². The number of rotatable bonds is 14. The van der Waals surface area contributed by atoms with Gasteiger partial charge in [0.25, 0.3) is 0 Å². The molecule has 7 rings (SSSR count). The molecule has 0 unspecified atom stereocenters. The number of fused-ring (bicyclic) bond motifs is 7. The molecule has 0 amide bonds. The van der Waals surface area contributed by atoms with Crippen molar-refractivity contribution in [2.24, 2.45) is 55.7 Å². The number of unbranched alkanes of at least 4 members (excludes halogenated alkanes) is 3. The van der Waals surface area contributed by atoms with Gasteiger partial charge in [-0.3, -0.25) is 4.79 Å². The Labute approximate surface area is 327 Å². The number of carbonyl (C=O) groups is 1. The maximum Gasteiger partial charge on any atom is 0.309 e. The quantitative estimate of drug-likeness (QED) is 0.164. The Morgan fingerprint density at radius 2 is 1.54 bits per heavy atom. The molecule has 1 aromatic rings. The van der Waals surface area contributed by atoms with Gasteiger partial charge in [-0.15, -0.1) is 0 Å². The summed E-state index contributed by atoms with van der Waals surface area (Å²) in [5.41, 5.74) is 1.35. The Balaban J connectivity index is 1.32. The van der Waals surface area contributed by atoms with Crippen LogP contribution in [0.15, 0.2) is 24.3 Å². The highest BCUT2D eigenvalue weighted by Crippen LogP contribution is 2.84. The van der Waals surface area contributed by atoms with E-state index in [9.17, 15) is 20.1 Å². The van der Waals surface area contributed by atoms with E-state index in [-0.39, 0.29) is 51.1 Å². The first-order chi connectivity index (χ1) is 25.6. The normalized spacial score (nSPS) is 46.6. The second-order valence-electron chi connectivity index (χ2n) is 21.0. The summed E-state index contributed by atoms with van der Waals surface area (Å²) in [6, 6.07) is 8.95. The third kappa shape index (κ3) is 5.62. The van der Waals surface area contributed by atoms with Crippen molar-refractivity contribution in [3.8, 4) is 0 Å². The fraction of sp³-hybridized carbons (Fsp3) is 0.854. The maximum atomic E-state index is 13.0. The molecule has 6 nitrogen and oxygen atoms in total. The lowest BCUT2D eigenvalue weighted by Gasteiger charge is -2.78. The lowest BCUT2D eigenvalue weighted by Crippen LogP contribution is -2.74. The van der Waals surface area contributed by atoms with Gasteiger partial charge in [0.15, 0.2) is 5.79 Å². The van der Waals surface area contributed by atoms with Gasteiger partial charge in [-0.05, 0) is 141 Å². The third-order valence-electron chi connectivity index (χ3n) is 19.1. The van der Waals surface area contributed by atoms with Crippen molar-refractivity contribution in [3.63, 3.8) is 0 Å². The van der Waals surface area contributed by atoms with Crippen LogP contribution in [0.5, 0.6) is 0 Å². The molecule has 0 aromatic heterocycles. The molecule has 6 aliphatic rings. The molecule has 3 N–H and O–H groups in total. The summed E-state index contributed by atoms with van der Waals surface area (Å²) in [5.74, 6) is -0.938. The molecule has 2 bridgehead atoms. The minimum absolute atomic E-state index is 0.00236. The Kier molecular flexibility index (Phi) is 10.9. The molecule has 1 spiro atoms. The van der Waals surface area contributed by atoms with E-state index in [1.54, 1.807) is 7.11 Å². The van der Waals surface area contributed by atoms with Crippen LogP contribution in [0.4, 0.5) is 0 Å². The molecule has 1 aliphatic heterocycles. The first-order valence-corrected chi connectivity index (χ1v) is 22.4. The van der Waals surface area contributed by atoms with Gasteiger partial charge < -0.3 is 24.8 Å². The predicted octanol–water partition coefficient (Wildman–Crippen LogP) is 10.5. The van der Waals surface area contributed by atoms with Gasteiger partial charge in [0.1, 0.15) is 0 Å². The van der Waals surface area contributed by atoms with E-state index >= 15 is 0 Å². The Hall–Kier alpha value is -1.47. The van der Waals surface area contributed by atoms with Crippen LogP contribution in [0.25, 0.3) is 0 Å². The summed E-state index contributed by atoms with van der Waals surface area (Å²) in [6.45, 7) is 15.2. The van der Waals surface area contributed by atoms with Crippen LogP contribution in [0, 0.1) is 55.7 Å². The zero-order chi connectivity index (χ0) is 38.8. The smallest absolute Gasteiger partial charge is 0.309 e. The van der Waals surface area contributed by atoms with Crippen LogP contribution in [-0.2, 0) is 27.1 Å². The molecular weight excluding hydrogens is 673 g/mol. The van der Waals surface area contributed by atoms with Gasteiger partial charge >= 0.3 is 5.97 Å². The summed E-state index contributed by atoms with van der Waals surface area (Å²) in [7, 11) is 1.75. The van der Waals surface area contributed by atoms with E-state index in [1.807, 2.05) is 6.92 Å². The first kappa shape index (κ1) is 40.7. The van der Waals surface area contributed by atoms with Crippen molar-refractivity contribution >= 4 is 5.97 Å². The van der Waals surface area contributed by atoms with Crippen LogP contribution in [-0.4, -0.2) is 53.5 Å². The van der Waals surface area contributed by atoms with E-state index in [4.69, 9.17) is 9.47 Å². The number of ether oxygens (including phenoxy) is 2. The average Bonchev–Trinajstić information content (AvgIpc) is 3.30. The highest BCUT2D eigenvalue weighted by atomic mass is 16.6. The fourth-order valence-corrected chi connectivity index (χ4v) is 16.1. The molecule has 54 heavy (non-hydrogen) atoms. The molecule has 12 atom stereocenters. The van der Waals surface area contributed by atoms with E-state index < -0.39 is 17.2 Å². The number of hydrogen-bond acceptors (Lipinski definition) is 5. The second kappa shape index (κ2) is 14.4. The van der Waals surface area contributed by atoms with Gasteiger partial charge in [0, 0.05) is 36.9 Å². The summed E-state index contributed by atoms with van der Waals surface area (Å²) < 4.78 is 12.4. The van der Waals surface area contributed by atoms with E-state index in [1.165, 1.54) is 56.1 Å². The van der Waals surface area contributed by atoms with Gasteiger partial charge in [-0.1, -0.05) is 91.0 Å². The molecule has 1 aromatic carbocycles. The zero-order valence-corrected chi connectivity index (χ0v) is 35.2. The number of aliphatic hydroxyl groups excluding tert-OH is 1. The number of aliphatic hydroxyl groups is 2. The van der Waals surface area contributed by atoms with Crippen LogP contribution in [0.1, 0.15) is 168 Å². The van der Waals surface area contributed by atoms with Crippen molar-refractivity contribution in [2.75, 3.05) is 20.3 Å². The minimum Gasteiger partial charge on any atom is -0.481 e. The highest BCUT2D eigenvalue weighted by molar-refractivity contribution is 5.74.